The minimum atomic E-state index is -0.437. The molecule has 0 spiro atoms. The van der Waals surface area contributed by atoms with E-state index in [1.807, 2.05) is 13.0 Å². The lowest BCUT2D eigenvalue weighted by Gasteiger charge is -2.12. The van der Waals surface area contributed by atoms with Crippen molar-refractivity contribution in [3.8, 4) is 0 Å². The van der Waals surface area contributed by atoms with Gasteiger partial charge in [-0.25, -0.2) is 6.57 Å². The Bertz CT molecular complexity index is 671. The van der Waals surface area contributed by atoms with Crippen LogP contribution in [0.4, 0.5) is 5.82 Å². The second kappa shape index (κ2) is 4.21. The van der Waals surface area contributed by atoms with Gasteiger partial charge in [0.25, 0.3) is 0 Å². The molecule has 0 amide bonds. The summed E-state index contributed by atoms with van der Waals surface area (Å²) in [4.78, 5) is 7.83. The van der Waals surface area contributed by atoms with Crippen LogP contribution in [0.15, 0.2) is 12.3 Å². The molecular weight excluding hydrogens is 242 g/mol. The highest BCUT2D eigenvalue weighted by atomic mass is 16.3. The summed E-state index contributed by atoms with van der Waals surface area (Å²) < 4.78 is 1.79. The van der Waals surface area contributed by atoms with Gasteiger partial charge in [-0.3, -0.25) is 9.67 Å². The van der Waals surface area contributed by atoms with Crippen molar-refractivity contribution in [2.45, 2.75) is 38.0 Å². The number of rotatable bonds is 1. The summed E-state index contributed by atoms with van der Waals surface area (Å²) in [6.45, 7) is 9.15. The largest absolute Gasteiger partial charge is 0.393 e. The molecule has 1 aliphatic carbocycles. The molecule has 2 aromatic rings. The van der Waals surface area contributed by atoms with Crippen molar-refractivity contribution in [3.05, 3.63) is 29.4 Å². The van der Waals surface area contributed by atoms with E-state index < -0.39 is 6.10 Å². The predicted molar refractivity (Wildman–Crippen MR) is 71.3 cm³/mol. The van der Waals surface area contributed by atoms with Crippen LogP contribution >= 0.6 is 0 Å². The lowest BCUT2D eigenvalue weighted by molar-refractivity contribution is 0.177. The van der Waals surface area contributed by atoms with Crippen molar-refractivity contribution in [1.29, 1.82) is 0 Å². The van der Waals surface area contributed by atoms with Gasteiger partial charge >= 0.3 is 0 Å². The fourth-order valence-corrected chi connectivity index (χ4v) is 2.90. The Morgan fingerprint density at radius 3 is 3.05 bits per heavy atom. The molecule has 0 aliphatic heterocycles. The minimum Gasteiger partial charge on any atom is -0.393 e. The van der Waals surface area contributed by atoms with Gasteiger partial charge in [-0.2, -0.15) is 5.10 Å². The zero-order valence-electron chi connectivity index (χ0n) is 10.6. The van der Waals surface area contributed by atoms with Crippen LogP contribution in [0.25, 0.3) is 15.7 Å². The number of nitrogens with two attached hydrogens (primary N) is 1. The predicted octanol–water partition coefficient (Wildman–Crippen LogP) is 1.31. The number of aryl methyl sites for hydroxylation is 1. The molecule has 3 atom stereocenters. The Morgan fingerprint density at radius 1 is 1.53 bits per heavy atom. The second-order valence-corrected chi connectivity index (χ2v) is 5.01. The molecule has 0 saturated heterocycles. The number of hydrogen-bond donors (Lipinski definition) is 2. The third kappa shape index (κ3) is 1.74. The molecule has 6 heteroatoms. The van der Waals surface area contributed by atoms with E-state index in [2.05, 4.69) is 14.9 Å². The monoisotopic (exact) mass is 257 g/mol. The Kier molecular flexibility index (Phi) is 2.64. The van der Waals surface area contributed by atoms with Crippen molar-refractivity contribution in [1.82, 2.24) is 14.8 Å². The number of aliphatic hydroxyl groups excluding tert-OH is 1. The van der Waals surface area contributed by atoms with Crippen LogP contribution in [0.5, 0.6) is 0 Å². The van der Waals surface area contributed by atoms with Gasteiger partial charge < -0.3 is 15.7 Å². The molecule has 6 nitrogen and oxygen atoms in total. The average Bonchev–Trinajstić information content (AvgIpc) is 2.91. The lowest BCUT2D eigenvalue weighted by Crippen LogP contribution is -2.17. The maximum Gasteiger partial charge on any atom is 0.248 e. The summed E-state index contributed by atoms with van der Waals surface area (Å²) in [5, 5.41) is 15.0. The number of nitrogens with zero attached hydrogens (tertiary/aromatic N) is 4. The Labute approximate surface area is 110 Å². The van der Waals surface area contributed by atoms with Gasteiger partial charge in [0, 0.05) is 12.6 Å². The standard InChI is InChI=1S/C13H15N5O/c1-7-12-10(3-4-16-7)18(17-13(12)14)11-6-8(19)5-9(11)15-2/h3-4,8-9,11,19H,5-6H2,1H3,(H2,14,17)/t8?,9-,11+/m1/s1. The first kappa shape index (κ1) is 11.9. The summed E-state index contributed by atoms with van der Waals surface area (Å²) in [5.74, 6) is 0.436. The van der Waals surface area contributed by atoms with Crippen LogP contribution in [0, 0.1) is 13.5 Å². The van der Waals surface area contributed by atoms with E-state index in [9.17, 15) is 5.11 Å². The smallest absolute Gasteiger partial charge is 0.248 e. The van der Waals surface area contributed by atoms with Crippen molar-refractivity contribution in [2.24, 2.45) is 0 Å². The third-order valence-electron chi connectivity index (χ3n) is 3.79. The van der Waals surface area contributed by atoms with Crippen LogP contribution in [-0.2, 0) is 0 Å². The van der Waals surface area contributed by atoms with Gasteiger partial charge in [-0.15, -0.1) is 0 Å². The van der Waals surface area contributed by atoms with Crippen molar-refractivity contribution < 1.29 is 5.11 Å². The SMILES string of the molecule is [C-]#[N+][C@@H]1CC(O)C[C@@H]1n1nc(N)c2c(C)nccc21. The van der Waals surface area contributed by atoms with Crippen LogP contribution in [0.1, 0.15) is 24.6 Å². The van der Waals surface area contributed by atoms with Gasteiger partial charge in [-0.1, -0.05) is 0 Å². The van der Waals surface area contributed by atoms with Crippen molar-refractivity contribution in [3.63, 3.8) is 0 Å². The first-order valence-electron chi connectivity index (χ1n) is 6.25. The topological polar surface area (TPSA) is 81.3 Å². The minimum absolute atomic E-state index is 0.117. The molecule has 2 aromatic heterocycles. The van der Waals surface area contributed by atoms with E-state index in [0.29, 0.717) is 18.7 Å². The van der Waals surface area contributed by atoms with Crippen LogP contribution in [0.2, 0.25) is 0 Å². The Hall–Kier alpha value is -2.13. The van der Waals surface area contributed by atoms with Crippen LogP contribution in [0.3, 0.4) is 0 Å². The number of aromatic nitrogens is 3. The van der Waals surface area contributed by atoms with Gasteiger partial charge in [0.15, 0.2) is 5.82 Å². The molecular formula is C13H15N5O. The lowest BCUT2D eigenvalue weighted by atomic mass is 10.1. The third-order valence-corrected chi connectivity index (χ3v) is 3.79. The quantitative estimate of drug-likeness (QED) is 0.755. The van der Waals surface area contributed by atoms with Gasteiger partial charge in [0.05, 0.1) is 29.1 Å². The molecule has 0 radical (unpaired) electrons. The highest BCUT2D eigenvalue weighted by Gasteiger charge is 2.40. The summed E-state index contributed by atoms with van der Waals surface area (Å²) in [7, 11) is 0. The van der Waals surface area contributed by atoms with E-state index in [0.717, 1.165) is 16.6 Å². The average molecular weight is 257 g/mol. The number of pyridine rings is 1. The number of aliphatic hydroxyl groups is 1. The van der Waals surface area contributed by atoms with Gasteiger partial charge in [0.2, 0.25) is 6.04 Å². The molecule has 1 aliphatic rings. The molecule has 1 fully saturated rings. The number of anilines is 1. The molecule has 0 aromatic carbocycles. The van der Waals surface area contributed by atoms with E-state index >= 15 is 0 Å². The van der Waals surface area contributed by atoms with Crippen LogP contribution in [-0.4, -0.2) is 32.0 Å². The zero-order chi connectivity index (χ0) is 13.6. The molecule has 3 rings (SSSR count). The molecule has 1 saturated carbocycles. The van der Waals surface area contributed by atoms with E-state index in [1.54, 1.807) is 10.9 Å². The van der Waals surface area contributed by atoms with Crippen LogP contribution < -0.4 is 5.73 Å². The number of hydrogen-bond acceptors (Lipinski definition) is 4. The van der Waals surface area contributed by atoms with Crippen molar-refractivity contribution in [2.75, 3.05) is 5.73 Å². The Morgan fingerprint density at radius 2 is 2.32 bits per heavy atom. The second-order valence-electron chi connectivity index (χ2n) is 5.01. The van der Waals surface area contributed by atoms with E-state index in [-0.39, 0.29) is 12.1 Å². The highest BCUT2D eigenvalue weighted by molar-refractivity contribution is 5.91. The summed E-state index contributed by atoms with van der Waals surface area (Å²) in [6.07, 6.45) is 2.32. The summed E-state index contributed by atoms with van der Waals surface area (Å²) in [6, 6.07) is 1.50. The van der Waals surface area contributed by atoms with Gasteiger partial charge in [-0.05, 0) is 13.0 Å². The Balaban J connectivity index is 2.16. The summed E-state index contributed by atoms with van der Waals surface area (Å²) in [5.41, 5.74) is 7.67. The molecule has 98 valence electrons. The summed E-state index contributed by atoms with van der Waals surface area (Å²) >= 11 is 0. The first-order chi connectivity index (χ1) is 9.11. The van der Waals surface area contributed by atoms with Gasteiger partial charge in [0.1, 0.15) is 6.04 Å². The number of fused-ring (bicyclic) bond motifs is 1. The normalized spacial score (nSPS) is 26.7. The molecule has 1 unspecified atom stereocenters. The van der Waals surface area contributed by atoms with E-state index in [1.165, 1.54) is 0 Å². The maximum atomic E-state index is 9.77. The highest BCUT2D eigenvalue weighted by Crippen LogP contribution is 2.36. The van der Waals surface area contributed by atoms with E-state index in [4.69, 9.17) is 12.3 Å². The molecule has 3 N–H and O–H groups in total. The maximum absolute atomic E-state index is 9.77. The molecule has 0 bridgehead atoms. The van der Waals surface area contributed by atoms with Crippen molar-refractivity contribution >= 4 is 16.7 Å². The number of nitrogen functional groups attached to an aromatic ring is 1. The molecule has 19 heavy (non-hydrogen) atoms. The molecule has 2 heterocycles. The first-order valence-corrected chi connectivity index (χ1v) is 6.25. The fourth-order valence-electron chi connectivity index (χ4n) is 2.90. The fraction of sp³-hybridized carbons (Fsp3) is 0.462. The zero-order valence-corrected chi connectivity index (χ0v) is 10.6.